The summed E-state index contributed by atoms with van der Waals surface area (Å²) >= 11 is 5.89. The highest BCUT2D eigenvalue weighted by molar-refractivity contribution is 6.30. The Hall–Kier alpha value is -3.57. The molecule has 3 aromatic carbocycles. The molecule has 5 nitrogen and oxygen atoms in total. The average Bonchev–Trinajstić information content (AvgIpc) is 2.80. The Kier molecular flexibility index (Phi) is 6.75. The van der Waals surface area contributed by atoms with E-state index in [0.717, 1.165) is 29.0 Å². The van der Waals surface area contributed by atoms with Crippen molar-refractivity contribution in [1.29, 1.82) is 0 Å². The van der Waals surface area contributed by atoms with E-state index in [2.05, 4.69) is 30.5 Å². The predicted molar refractivity (Wildman–Crippen MR) is 136 cm³/mol. The summed E-state index contributed by atoms with van der Waals surface area (Å²) < 4.78 is 5.38. The lowest BCUT2D eigenvalue weighted by molar-refractivity contribution is -0.115. The Balaban J connectivity index is 1.48. The van der Waals surface area contributed by atoms with Gasteiger partial charge in [0.25, 0.3) is 0 Å². The molecule has 0 aliphatic carbocycles. The molecule has 4 rings (SSSR count). The van der Waals surface area contributed by atoms with E-state index in [9.17, 15) is 9.59 Å². The average molecular weight is 475 g/mol. The lowest BCUT2D eigenvalue weighted by Gasteiger charge is -2.35. The first-order valence-electron chi connectivity index (χ1n) is 11.1. The number of anilines is 1. The van der Waals surface area contributed by atoms with E-state index in [1.165, 1.54) is 5.56 Å². The van der Waals surface area contributed by atoms with Crippen LogP contribution in [0.25, 0.3) is 5.70 Å². The van der Waals surface area contributed by atoms with Crippen molar-refractivity contribution >= 4 is 34.7 Å². The molecule has 6 heteroatoms. The van der Waals surface area contributed by atoms with E-state index in [0.29, 0.717) is 16.3 Å². The van der Waals surface area contributed by atoms with Gasteiger partial charge in [0, 0.05) is 39.1 Å². The molecule has 0 aromatic heterocycles. The number of carbonyl (C=O) groups excluding carboxylic acids is 2. The van der Waals surface area contributed by atoms with Gasteiger partial charge in [0.2, 0.25) is 5.91 Å². The highest BCUT2D eigenvalue weighted by atomic mass is 35.5. The van der Waals surface area contributed by atoms with Crippen molar-refractivity contribution in [1.82, 2.24) is 5.32 Å². The number of ketones is 1. The molecule has 1 aliphatic heterocycles. The molecule has 2 N–H and O–H groups in total. The van der Waals surface area contributed by atoms with Crippen molar-refractivity contribution in [3.05, 3.63) is 100 Å². The molecule has 1 aliphatic rings. The molecule has 174 valence electrons. The van der Waals surface area contributed by atoms with Gasteiger partial charge >= 0.3 is 0 Å². The summed E-state index contributed by atoms with van der Waals surface area (Å²) in [7, 11) is 1.63. The van der Waals surface area contributed by atoms with Gasteiger partial charge in [-0.1, -0.05) is 29.8 Å². The maximum absolute atomic E-state index is 13.0. The van der Waals surface area contributed by atoms with Gasteiger partial charge in [-0.15, -0.1) is 0 Å². The smallest absolute Gasteiger partial charge is 0.228 e. The fourth-order valence-corrected chi connectivity index (χ4v) is 4.20. The van der Waals surface area contributed by atoms with Crippen molar-refractivity contribution in [2.24, 2.45) is 0 Å². The van der Waals surface area contributed by atoms with Crippen LogP contribution in [0.4, 0.5) is 5.69 Å². The standard InChI is InChI=1S/C28H27ClN2O3/c1-28(2)17-20-8-13-23(34-3)15-24(20)25(31-28)16-26(32)19-6-11-22(12-7-19)30-27(33)14-18-4-9-21(29)10-5-18/h4-13,15-16,31H,14,17H2,1-3H3,(H,30,33). The third kappa shape index (κ3) is 5.67. The van der Waals surface area contributed by atoms with Gasteiger partial charge < -0.3 is 15.4 Å². The lowest BCUT2D eigenvalue weighted by Crippen LogP contribution is -2.43. The van der Waals surface area contributed by atoms with Crippen LogP contribution >= 0.6 is 11.6 Å². The van der Waals surface area contributed by atoms with Gasteiger partial charge in [-0.05, 0) is 79.9 Å². The van der Waals surface area contributed by atoms with Crippen molar-refractivity contribution < 1.29 is 14.3 Å². The highest BCUT2D eigenvalue weighted by Gasteiger charge is 2.28. The zero-order valence-electron chi connectivity index (χ0n) is 19.4. The molecule has 0 atom stereocenters. The third-order valence-electron chi connectivity index (χ3n) is 5.72. The summed E-state index contributed by atoms with van der Waals surface area (Å²) in [5.74, 6) is 0.494. The molecule has 0 fully saturated rings. The molecule has 0 unspecified atom stereocenters. The van der Waals surface area contributed by atoms with Crippen molar-refractivity contribution in [2.75, 3.05) is 12.4 Å². The number of hydrogen-bond acceptors (Lipinski definition) is 4. The topological polar surface area (TPSA) is 67.4 Å². The number of hydrogen-bond donors (Lipinski definition) is 2. The fourth-order valence-electron chi connectivity index (χ4n) is 4.08. The zero-order valence-corrected chi connectivity index (χ0v) is 20.2. The Labute approximate surface area is 204 Å². The Morgan fingerprint density at radius 3 is 2.44 bits per heavy atom. The Morgan fingerprint density at radius 2 is 1.76 bits per heavy atom. The number of rotatable bonds is 6. The molecule has 0 bridgehead atoms. The molecule has 34 heavy (non-hydrogen) atoms. The second-order valence-electron chi connectivity index (χ2n) is 9.06. The highest BCUT2D eigenvalue weighted by Crippen LogP contribution is 2.32. The van der Waals surface area contributed by atoms with Crippen LogP contribution in [0.5, 0.6) is 5.75 Å². The summed E-state index contributed by atoms with van der Waals surface area (Å²) in [6.45, 7) is 4.22. The van der Waals surface area contributed by atoms with E-state index in [4.69, 9.17) is 16.3 Å². The number of methoxy groups -OCH3 is 1. The van der Waals surface area contributed by atoms with Gasteiger partial charge in [-0.3, -0.25) is 9.59 Å². The van der Waals surface area contributed by atoms with Crippen LogP contribution in [0.2, 0.25) is 5.02 Å². The van der Waals surface area contributed by atoms with Crippen LogP contribution in [0.15, 0.2) is 72.8 Å². The summed E-state index contributed by atoms with van der Waals surface area (Å²) in [6.07, 6.45) is 2.73. The minimum Gasteiger partial charge on any atom is -0.497 e. The number of ether oxygens (including phenoxy) is 1. The molecule has 3 aromatic rings. The van der Waals surface area contributed by atoms with Gasteiger partial charge in [0.15, 0.2) is 5.78 Å². The van der Waals surface area contributed by atoms with Gasteiger partial charge in [-0.2, -0.15) is 0 Å². The van der Waals surface area contributed by atoms with Crippen LogP contribution in [-0.4, -0.2) is 24.3 Å². The van der Waals surface area contributed by atoms with Crippen LogP contribution < -0.4 is 15.4 Å². The first-order chi connectivity index (χ1) is 16.2. The van der Waals surface area contributed by atoms with Crippen molar-refractivity contribution in [3.63, 3.8) is 0 Å². The van der Waals surface area contributed by atoms with Gasteiger partial charge in [0.05, 0.1) is 13.5 Å². The second-order valence-corrected chi connectivity index (χ2v) is 9.50. The minimum atomic E-state index is -0.175. The van der Waals surface area contributed by atoms with Crippen LogP contribution in [0.3, 0.4) is 0 Å². The molecule has 0 radical (unpaired) electrons. The molecule has 0 saturated heterocycles. The van der Waals surface area contributed by atoms with Gasteiger partial charge in [0.1, 0.15) is 5.75 Å². The van der Waals surface area contributed by atoms with Crippen LogP contribution in [0, 0.1) is 0 Å². The summed E-state index contributed by atoms with van der Waals surface area (Å²) in [5.41, 5.74) is 4.79. The zero-order chi connectivity index (χ0) is 24.3. The minimum absolute atomic E-state index is 0.118. The third-order valence-corrected chi connectivity index (χ3v) is 5.97. The molecule has 0 spiro atoms. The number of amides is 1. The maximum atomic E-state index is 13.0. The number of fused-ring (bicyclic) bond motifs is 1. The molecular formula is C28H27ClN2O3. The number of benzene rings is 3. The lowest BCUT2D eigenvalue weighted by atomic mass is 9.85. The summed E-state index contributed by atoms with van der Waals surface area (Å²) in [6, 6.07) is 20.0. The molecule has 1 heterocycles. The van der Waals surface area contributed by atoms with Crippen molar-refractivity contribution in [2.45, 2.75) is 32.2 Å². The first-order valence-corrected chi connectivity index (χ1v) is 11.5. The number of nitrogens with one attached hydrogen (secondary N) is 2. The maximum Gasteiger partial charge on any atom is 0.228 e. The fraction of sp³-hybridized carbons (Fsp3) is 0.214. The van der Waals surface area contributed by atoms with Crippen molar-refractivity contribution in [3.8, 4) is 5.75 Å². The quantitative estimate of drug-likeness (QED) is 0.356. The molecular weight excluding hydrogens is 448 g/mol. The van der Waals surface area contributed by atoms with E-state index < -0.39 is 0 Å². The normalized spacial score (nSPS) is 15.2. The van der Waals surface area contributed by atoms with E-state index in [1.807, 2.05) is 24.3 Å². The van der Waals surface area contributed by atoms with Crippen LogP contribution in [0.1, 0.15) is 40.9 Å². The Bertz CT molecular complexity index is 1250. The Morgan fingerprint density at radius 1 is 1.06 bits per heavy atom. The predicted octanol–water partition coefficient (Wildman–Crippen LogP) is 5.68. The summed E-state index contributed by atoms with van der Waals surface area (Å²) in [4.78, 5) is 25.4. The number of carbonyl (C=O) groups is 2. The second kappa shape index (κ2) is 9.74. The molecule has 0 saturated carbocycles. The number of halogens is 1. The number of allylic oxidation sites excluding steroid dienone is 1. The summed E-state index contributed by atoms with van der Waals surface area (Å²) in [5, 5.41) is 6.98. The largest absolute Gasteiger partial charge is 0.497 e. The van der Waals surface area contributed by atoms with E-state index in [1.54, 1.807) is 49.6 Å². The molecule has 1 amide bonds. The first kappa shape index (κ1) is 23.6. The van der Waals surface area contributed by atoms with E-state index in [-0.39, 0.29) is 23.7 Å². The van der Waals surface area contributed by atoms with E-state index >= 15 is 0 Å². The van der Waals surface area contributed by atoms with Crippen LogP contribution in [-0.2, 0) is 17.6 Å². The SMILES string of the molecule is COc1ccc2c(c1)C(=CC(=O)c1ccc(NC(=O)Cc3ccc(Cl)cc3)cc1)NC(C)(C)C2. The monoisotopic (exact) mass is 474 g/mol. The van der Waals surface area contributed by atoms with Gasteiger partial charge in [-0.25, -0.2) is 0 Å².